The van der Waals surface area contributed by atoms with Gasteiger partial charge in [0.2, 0.25) is 0 Å². The molecule has 0 aliphatic carbocycles. The van der Waals surface area contributed by atoms with E-state index in [1.54, 1.807) is 12.1 Å². The molecule has 6 nitrogen and oxygen atoms in total. The van der Waals surface area contributed by atoms with Gasteiger partial charge in [-0.3, -0.25) is 9.59 Å². The van der Waals surface area contributed by atoms with Crippen LogP contribution in [0.5, 0.6) is 5.75 Å². The summed E-state index contributed by atoms with van der Waals surface area (Å²) in [5.41, 5.74) is -0.461. The highest BCUT2D eigenvalue weighted by atomic mass is 16.5. The second-order valence-corrected chi connectivity index (χ2v) is 4.95. The van der Waals surface area contributed by atoms with Gasteiger partial charge in [-0.1, -0.05) is 12.1 Å². The lowest BCUT2D eigenvalue weighted by Gasteiger charge is -2.21. The highest BCUT2D eigenvalue weighted by Crippen LogP contribution is 2.12. The van der Waals surface area contributed by atoms with Crippen LogP contribution in [0.3, 0.4) is 0 Å². The van der Waals surface area contributed by atoms with Crippen molar-refractivity contribution in [2.75, 3.05) is 13.2 Å². The van der Waals surface area contributed by atoms with Gasteiger partial charge in [0.25, 0.3) is 5.91 Å². The molecule has 1 unspecified atom stereocenters. The number of carboxylic acids is 1. The van der Waals surface area contributed by atoms with Crippen LogP contribution in [-0.2, 0) is 9.59 Å². The van der Waals surface area contributed by atoms with Gasteiger partial charge >= 0.3 is 5.97 Å². The molecule has 0 aromatic heterocycles. The molecule has 0 heterocycles. The zero-order valence-electron chi connectivity index (χ0n) is 11.5. The molecule has 0 saturated carbocycles. The van der Waals surface area contributed by atoms with E-state index in [1.165, 1.54) is 6.92 Å². The number of carboxylic acid groups (broad SMARTS) is 1. The average molecular weight is 281 g/mol. The number of carbonyl (C=O) groups excluding carboxylic acids is 1. The highest BCUT2D eigenvalue weighted by Gasteiger charge is 2.24. The Morgan fingerprint density at radius 2 is 2.10 bits per heavy atom. The number of aliphatic carboxylic acids is 1. The van der Waals surface area contributed by atoms with Crippen molar-refractivity contribution in [3.63, 3.8) is 0 Å². The molecule has 0 fully saturated rings. The maximum atomic E-state index is 11.5. The van der Waals surface area contributed by atoms with Crippen molar-refractivity contribution in [3.8, 4) is 5.75 Å². The lowest BCUT2D eigenvalue weighted by Crippen LogP contribution is -2.43. The van der Waals surface area contributed by atoms with Crippen molar-refractivity contribution in [1.29, 1.82) is 0 Å². The molecular weight excluding hydrogens is 262 g/mol. The largest absolute Gasteiger partial charge is 0.484 e. The van der Waals surface area contributed by atoms with E-state index >= 15 is 0 Å². The maximum Gasteiger partial charge on any atom is 0.306 e. The minimum absolute atomic E-state index is 0.144. The predicted molar refractivity (Wildman–Crippen MR) is 72.6 cm³/mol. The second-order valence-electron chi connectivity index (χ2n) is 4.95. The Hall–Kier alpha value is -2.08. The molecule has 0 spiro atoms. The Bertz CT molecular complexity index is 484. The van der Waals surface area contributed by atoms with E-state index in [4.69, 9.17) is 9.84 Å². The molecule has 1 atom stereocenters. The van der Waals surface area contributed by atoms with Crippen LogP contribution >= 0.6 is 0 Å². The lowest BCUT2D eigenvalue weighted by atomic mass is 10.0. The Morgan fingerprint density at radius 3 is 2.70 bits per heavy atom. The van der Waals surface area contributed by atoms with Crippen LogP contribution < -0.4 is 10.1 Å². The fourth-order valence-electron chi connectivity index (χ4n) is 1.58. The molecule has 1 aromatic carbocycles. The number of aryl methyl sites for hydroxylation is 1. The van der Waals surface area contributed by atoms with Gasteiger partial charge in [-0.05, 0) is 31.5 Å². The minimum atomic E-state index is -1.48. The van der Waals surface area contributed by atoms with Gasteiger partial charge in [-0.25, -0.2) is 0 Å². The van der Waals surface area contributed by atoms with Gasteiger partial charge in [0.1, 0.15) is 5.75 Å². The maximum absolute atomic E-state index is 11.5. The molecule has 3 N–H and O–H groups in total. The van der Waals surface area contributed by atoms with Gasteiger partial charge in [-0.15, -0.1) is 0 Å². The number of hydrogen-bond donors (Lipinski definition) is 3. The quantitative estimate of drug-likeness (QED) is 0.684. The van der Waals surface area contributed by atoms with Crippen LogP contribution in [0.25, 0.3) is 0 Å². The van der Waals surface area contributed by atoms with Crippen molar-refractivity contribution in [2.24, 2.45) is 0 Å². The Kier molecular flexibility index (Phi) is 5.52. The number of benzene rings is 1. The number of hydrogen-bond acceptors (Lipinski definition) is 4. The smallest absolute Gasteiger partial charge is 0.306 e. The van der Waals surface area contributed by atoms with Crippen LogP contribution in [0, 0.1) is 6.92 Å². The van der Waals surface area contributed by atoms with E-state index in [1.807, 2.05) is 19.1 Å². The summed E-state index contributed by atoms with van der Waals surface area (Å²) in [6, 6.07) is 7.27. The van der Waals surface area contributed by atoms with Crippen LogP contribution in [0.1, 0.15) is 18.9 Å². The summed E-state index contributed by atoms with van der Waals surface area (Å²) >= 11 is 0. The molecule has 1 amide bonds. The van der Waals surface area contributed by atoms with Crippen molar-refractivity contribution in [3.05, 3.63) is 29.8 Å². The number of amides is 1. The molecule has 0 bridgehead atoms. The monoisotopic (exact) mass is 281 g/mol. The number of nitrogens with one attached hydrogen (secondary N) is 1. The van der Waals surface area contributed by atoms with Gasteiger partial charge < -0.3 is 20.3 Å². The normalized spacial score (nSPS) is 13.3. The van der Waals surface area contributed by atoms with E-state index in [0.717, 1.165) is 5.56 Å². The highest BCUT2D eigenvalue weighted by molar-refractivity contribution is 5.77. The molecule has 20 heavy (non-hydrogen) atoms. The van der Waals surface area contributed by atoms with Crippen molar-refractivity contribution in [2.45, 2.75) is 25.9 Å². The van der Waals surface area contributed by atoms with E-state index in [0.29, 0.717) is 5.75 Å². The van der Waals surface area contributed by atoms with Gasteiger partial charge in [0.05, 0.1) is 12.0 Å². The van der Waals surface area contributed by atoms with Gasteiger partial charge in [0, 0.05) is 6.54 Å². The summed E-state index contributed by atoms with van der Waals surface area (Å²) in [5.74, 6) is -0.963. The van der Waals surface area contributed by atoms with Crippen molar-refractivity contribution >= 4 is 11.9 Å². The average Bonchev–Trinajstić information content (AvgIpc) is 2.32. The lowest BCUT2D eigenvalue weighted by molar-refractivity contribution is -0.142. The predicted octanol–water partition coefficient (Wildman–Crippen LogP) is 0.716. The summed E-state index contributed by atoms with van der Waals surface area (Å²) in [4.78, 5) is 22.0. The topological polar surface area (TPSA) is 95.9 Å². The van der Waals surface area contributed by atoms with E-state index in [2.05, 4.69) is 5.32 Å². The third kappa shape index (κ3) is 6.19. The molecule has 110 valence electrons. The van der Waals surface area contributed by atoms with E-state index in [9.17, 15) is 14.7 Å². The van der Waals surface area contributed by atoms with Gasteiger partial charge in [-0.2, -0.15) is 0 Å². The molecule has 0 saturated heterocycles. The van der Waals surface area contributed by atoms with Crippen molar-refractivity contribution < 1.29 is 24.5 Å². The number of aliphatic hydroxyl groups is 1. The summed E-state index contributed by atoms with van der Waals surface area (Å²) in [7, 11) is 0. The molecule has 6 heteroatoms. The number of carbonyl (C=O) groups is 2. The number of rotatable bonds is 7. The third-order valence-corrected chi connectivity index (χ3v) is 2.56. The molecule has 1 rings (SSSR count). The molecule has 0 aliphatic rings. The van der Waals surface area contributed by atoms with Crippen LogP contribution in [0.2, 0.25) is 0 Å². The first-order valence-electron chi connectivity index (χ1n) is 6.19. The van der Waals surface area contributed by atoms with E-state index in [-0.39, 0.29) is 13.2 Å². The number of ether oxygens (including phenoxy) is 1. The van der Waals surface area contributed by atoms with Crippen LogP contribution in [-0.4, -0.2) is 40.8 Å². The molecular formula is C14H19NO5. The fraction of sp³-hybridized carbons (Fsp3) is 0.429. The molecule has 1 aromatic rings. The Labute approximate surface area is 117 Å². The SMILES string of the molecule is Cc1cccc(OCC(=O)NCC(C)(O)CC(=O)O)c1. The van der Waals surface area contributed by atoms with Gasteiger partial charge in [0.15, 0.2) is 6.61 Å². The van der Waals surface area contributed by atoms with Crippen LogP contribution in [0.4, 0.5) is 0 Å². The van der Waals surface area contributed by atoms with Crippen LogP contribution in [0.15, 0.2) is 24.3 Å². The zero-order valence-corrected chi connectivity index (χ0v) is 11.5. The molecule has 0 aliphatic heterocycles. The standard InChI is InChI=1S/C14H19NO5/c1-10-4-3-5-11(6-10)20-8-12(16)15-9-14(2,19)7-13(17)18/h3-6,19H,7-9H2,1-2H3,(H,15,16)(H,17,18). The minimum Gasteiger partial charge on any atom is -0.484 e. The zero-order chi connectivity index (χ0) is 15.2. The summed E-state index contributed by atoms with van der Waals surface area (Å²) in [6.07, 6.45) is -0.438. The van der Waals surface area contributed by atoms with E-state index < -0.39 is 23.9 Å². The second kappa shape index (κ2) is 6.91. The van der Waals surface area contributed by atoms with Crippen molar-refractivity contribution in [1.82, 2.24) is 5.32 Å². The Balaban J connectivity index is 2.35. The fourth-order valence-corrected chi connectivity index (χ4v) is 1.58. The Morgan fingerprint density at radius 1 is 1.40 bits per heavy atom. The summed E-state index contributed by atoms with van der Waals surface area (Å²) < 4.78 is 5.28. The summed E-state index contributed by atoms with van der Waals surface area (Å²) in [6.45, 7) is 2.93. The first-order valence-corrected chi connectivity index (χ1v) is 6.19. The molecule has 0 radical (unpaired) electrons. The first kappa shape index (κ1) is 16.0. The summed E-state index contributed by atoms with van der Waals surface area (Å²) in [5, 5.41) is 20.7. The third-order valence-electron chi connectivity index (χ3n) is 2.56. The first-order chi connectivity index (χ1) is 9.28.